The Morgan fingerprint density at radius 3 is 1.23 bits per heavy atom. The van der Waals surface area contributed by atoms with Gasteiger partial charge in [-0.2, -0.15) is 0 Å². The highest BCUT2D eigenvalue weighted by molar-refractivity contribution is 5.77. The number of esters is 1. The van der Waals surface area contributed by atoms with Gasteiger partial charge in [-0.15, -0.1) is 0 Å². The maximum Gasteiger partial charge on any atom is 0.306 e. The van der Waals surface area contributed by atoms with Crippen molar-refractivity contribution in [2.24, 2.45) is 0 Å². The van der Waals surface area contributed by atoms with E-state index in [2.05, 4.69) is 32.2 Å². The van der Waals surface area contributed by atoms with E-state index < -0.39 is 18.2 Å². The molecule has 0 aromatic heterocycles. The maximum atomic E-state index is 13.2. The van der Waals surface area contributed by atoms with Crippen LogP contribution in [0, 0.1) is 0 Å². The van der Waals surface area contributed by atoms with E-state index in [0.29, 0.717) is 19.3 Å². The molecule has 1 amide bonds. The minimum absolute atomic E-state index is 0.0169. The van der Waals surface area contributed by atoms with Crippen molar-refractivity contribution < 1.29 is 24.5 Å². The van der Waals surface area contributed by atoms with Gasteiger partial charge in [0, 0.05) is 12.8 Å². The van der Waals surface area contributed by atoms with E-state index in [-0.39, 0.29) is 24.9 Å². The quantitative estimate of drug-likeness (QED) is 0.0322. The van der Waals surface area contributed by atoms with Gasteiger partial charge >= 0.3 is 5.97 Å². The molecule has 0 bridgehead atoms. The molecule has 0 aromatic carbocycles. The summed E-state index contributed by atoms with van der Waals surface area (Å²) in [7, 11) is 0. The number of unbranched alkanes of at least 4 members (excludes halogenated alkanes) is 30. The number of hydrogen-bond donors (Lipinski definition) is 3. The second kappa shape index (κ2) is 49.6. The summed E-state index contributed by atoms with van der Waals surface area (Å²) in [6.45, 7) is 6.32. The molecule has 0 saturated carbocycles. The Labute approximate surface area is 384 Å². The SMILES string of the molecule is CC/C=C/C=C/C=C\C=C/C=C/CC(CC(=O)NC(CO)C(O)CCCCCCCCCCCCCCCC)OC(=O)CCCCCCCCCCCCCCCCCCCC. The zero-order valence-electron chi connectivity index (χ0n) is 41.0. The summed E-state index contributed by atoms with van der Waals surface area (Å²) < 4.78 is 5.85. The first-order valence-electron chi connectivity index (χ1n) is 26.6. The Hall–Kier alpha value is -2.44. The number of hydrogen-bond acceptors (Lipinski definition) is 5. The molecule has 0 aliphatic rings. The summed E-state index contributed by atoms with van der Waals surface area (Å²) in [4.78, 5) is 26.1. The van der Waals surface area contributed by atoms with E-state index in [0.717, 1.165) is 44.9 Å². The molecular formula is C56H101NO5. The van der Waals surface area contributed by atoms with Gasteiger partial charge in [-0.25, -0.2) is 0 Å². The number of carbonyl (C=O) groups is 2. The molecule has 0 rings (SSSR count). The van der Waals surface area contributed by atoms with Crippen LogP contribution in [0.3, 0.4) is 0 Å². The average molecular weight is 868 g/mol. The molecule has 3 unspecified atom stereocenters. The molecule has 0 fully saturated rings. The molecule has 0 saturated heterocycles. The van der Waals surface area contributed by atoms with Crippen LogP contribution in [0.2, 0.25) is 0 Å². The average Bonchev–Trinajstić information content (AvgIpc) is 3.26. The number of rotatable bonds is 47. The van der Waals surface area contributed by atoms with Crippen molar-refractivity contribution in [1.29, 1.82) is 0 Å². The summed E-state index contributed by atoms with van der Waals surface area (Å²) in [5, 5.41) is 23.7. The Balaban J connectivity index is 4.56. The highest BCUT2D eigenvalue weighted by Gasteiger charge is 2.23. The van der Waals surface area contributed by atoms with Gasteiger partial charge in [-0.1, -0.05) is 281 Å². The summed E-state index contributed by atoms with van der Waals surface area (Å²) in [6.07, 6.45) is 61.7. The maximum absolute atomic E-state index is 13.2. The van der Waals surface area contributed by atoms with E-state index in [4.69, 9.17) is 4.74 Å². The van der Waals surface area contributed by atoms with Crippen LogP contribution in [0.1, 0.15) is 258 Å². The standard InChI is InChI=1S/C56H101NO5/c1-4-7-10-13-16-19-22-24-26-27-28-29-31-34-37-40-43-46-49-56(61)62-52(47-44-41-38-35-32-21-18-15-12-9-6-3)50-55(60)57-53(51-58)54(59)48-45-42-39-36-33-30-25-23-20-17-14-11-8-5-2/h9,12,15,18,21,32,35,38,41,44,52-54,58-59H,4-8,10-11,13-14,16-17,19-20,22-31,33-34,36-37,39-40,42-43,45-51H2,1-3H3,(H,57,60)/b12-9+,18-15+,32-21-,38-35-,44-41+. The van der Waals surface area contributed by atoms with Crippen LogP contribution in [0.4, 0.5) is 0 Å². The molecule has 360 valence electrons. The second-order valence-corrected chi connectivity index (χ2v) is 18.0. The first-order valence-corrected chi connectivity index (χ1v) is 26.6. The lowest BCUT2D eigenvalue weighted by Crippen LogP contribution is -2.46. The number of carbonyl (C=O) groups excluding carboxylic acids is 2. The molecule has 0 radical (unpaired) electrons. The summed E-state index contributed by atoms with van der Waals surface area (Å²) in [6, 6.07) is -0.739. The number of aliphatic hydroxyl groups excluding tert-OH is 2. The van der Waals surface area contributed by atoms with Crippen molar-refractivity contribution in [3.05, 3.63) is 60.8 Å². The van der Waals surface area contributed by atoms with Crippen LogP contribution >= 0.6 is 0 Å². The first kappa shape index (κ1) is 59.6. The zero-order chi connectivity index (χ0) is 45.2. The van der Waals surface area contributed by atoms with E-state index in [1.54, 1.807) is 0 Å². The predicted octanol–water partition coefficient (Wildman–Crippen LogP) is 16.0. The van der Waals surface area contributed by atoms with Crippen LogP contribution in [-0.2, 0) is 14.3 Å². The monoisotopic (exact) mass is 868 g/mol. The first-order chi connectivity index (χ1) is 30.5. The fraction of sp³-hybridized carbons (Fsp3) is 0.786. The zero-order valence-corrected chi connectivity index (χ0v) is 41.0. The smallest absolute Gasteiger partial charge is 0.306 e. The van der Waals surface area contributed by atoms with Crippen molar-refractivity contribution in [3.63, 3.8) is 0 Å². The second-order valence-electron chi connectivity index (χ2n) is 18.0. The Morgan fingerprint density at radius 1 is 0.484 bits per heavy atom. The highest BCUT2D eigenvalue weighted by Crippen LogP contribution is 2.17. The molecule has 0 spiro atoms. The minimum Gasteiger partial charge on any atom is -0.461 e. The molecule has 3 atom stereocenters. The van der Waals surface area contributed by atoms with Gasteiger partial charge in [0.05, 0.1) is 25.2 Å². The van der Waals surface area contributed by atoms with E-state index >= 15 is 0 Å². The summed E-state index contributed by atoms with van der Waals surface area (Å²) >= 11 is 0. The number of amides is 1. The van der Waals surface area contributed by atoms with Crippen LogP contribution in [0.25, 0.3) is 0 Å². The fourth-order valence-corrected chi connectivity index (χ4v) is 7.98. The lowest BCUT2D eigenvalue weighted by molar-refractivity contribution is -0.150. The summed E-state index contributed by atoms with van der Waals surface area (Å²) in [5.74, 6) is -0.600. The minimum atomic E-state index is -0.817. The van der Waals surface area contributed by atoms with Crippen molar-refractivity contribution in [2.75, 3.05) is 6.61 Å². The third-order valence-electron chi connectivity index (χ3n) is 12.0. The van der Waals surface area contributed by atoms with Crippen molar-refractivity contribution in [3.8, 4) is 0 Å². The van der Waals surface area contributed by atoms with Crippen LogP contribution in [0.15, 0.2) is 60.8 Å². The molecule has 6 nitrogen and oxygen atoms in total. The third kappa shape index (κ3) is 44.2. The van der Waals surface area contributed by atoms with Crippen molar-refractivity contribution >= 4 is 11.9 Å². The van der Waals surface area contributed by atoms with Gasteiger partial charge in [0.2, 0.25) is 5.91 Å². The lowest BCUT2D eigenvalue weighted by atomic mass is 10.0. The van der Waals surface area contributed by atoms with Gasteiger partial charge < -0.3 is 20.3 Å². The molecule has 0 heterocycles. The lowest BCUT2D eigenvalue weighted by Gasteiger charge is -2.24. The van der Waals surface area contributed by atoms with Crippen molar-refractivity contribution in [2.45, 2.75) is 277 Å². The van der Waals surface area contributed by atoms with E-state index in [9.17, 15) is 19.8 Å². The molecule has 0 aliphatic carbocycles. The normalized spacial score (nSPS) is 13.7. The largest absolute Gasteiger partial charge is 0.461 e. The highest BCUT2D eigenvalue weighted by atomic mass is 16.5. The van der Waals surface area contributed by atoms with Gasteiger partial charge in [-0.05, 0) is 19.3 Å². The Kier molecular flexibility index (Phi) is 47.6. The topological polar surface area (TPSA) is 95.9 Å². The molecule has 3 N–H and O–H groups in total. The number of nitrogens with one attached hydrogen (secondary N) is 1. The number of aliphatic hydroxyl groups is 2. The van der Waals surface area contributed by atoms with Gasteiger partial charge in [0.15, 0.2) is 0 Å². The van der Waals surface area contributed by atoms with Crippen molar-refractivity contribution in [1.82, 2.24) is 5.32 Å². The van der Waals surface area contributed by atoms with Gasteiger partial charge in [0.1, 0.15) is 6.10 Å². The summed E-state index contributed by atoms with van der Waals surface area (Å²) in [5.41, 5.74) is 0. The molecule has 62 heavy (non-hydrogen) atoms. The Morgan fingerprint density at radius 2 is 0.839 bits per heavy atom. The van der Waals surface area contributed by atoms with Crippen LogP contribution < -0.4 is 5.32 Å². The number of ether oxygens (including phenoxy) is 1. The van der Waals surface area contributed by atoms with E-state index in [1.807, 2.05) is 54.7 Å². The molecule has 0 aliphatic heterocycles. The predicted molar refractivity (Wildman–Crippen MR) is 268 cm³/mol. The van der Waals surface area contributed by atoms with Gasteiger partial charge in [0.25, 0.3) is 0 Å². The Bertz CT molecular complexity index is 1110. The molecule has 6 heteroatoms. The third-order valence-corrected chi connectivity index (χ3v) is 12.0. The van der Waals surface area contributed by atoms with Crippen LogP contribution in [-0.4, -0.2) is 46.9 Å². The number of allylic oxidation sites excluding steroid dienone is 9. The molecular weight excluding hydrogens is 767 g/mol. The van der Waals surface area contributed by atoms with Crippen LogP contribution in [0.5, 0.6) is 0 Å². The molecule has 0 aromatic rings. The van der Waals surface area contributed by atoms with Gasteiger partial charge in [-0.3, -0.25) is 9.59 Å². The van der Waals surface area contributed by atoms with E-state index in [1.165, 1.54) is 167 Å². The fourth-order valence-electron chi connectivity index (χ4n) is 7.98.